The lowest BCUT2D eigenvalue weighted by Gasteiger charge is -2.24. The third-order valence-electron chi connectivity index (χ3n) is 4.76. The van der Waals surface area contributed by atoms with Crippen molar-refractivity contribution < 1.29 is 23.5 Å². The van der Waals surface area contributed by atoms with Crippen molar-refractivity contribution in [3.63, 3.8) is 0 Å². The van der Waals surface area contributed by atoms with E-state index in [0.29, 0.717) is 36.3 Å². The maximum Gasteiger partial charge on any atom is 0.410 e. The molecule has 7 heteroatoms. The highest BCUT2D eigenvalue weighted by molar-refractivity contribution is 5.92. The number of nitrogens with zero attached hydrogens (tertiary/aromatic N) is 2. The first-order chi connectivity index (χ1) is 13.7. The van der Waals surface area contributed by atoms with Gasteiger partial charge in [0.25, 0.3) is 0 Å². The van der Waals surface area contributed by atoms with Crippen LogP contribution < -0.4 is 0 Å². The fraction of sp³-hybridized carbons (Fsp3) is 0.409. The number of hydrogen-bond donors (Lipinski definition) is 0. The molecule has 3 rings (SSSR count). The summed E-state index contributed by atoms with van der Waals surface area (Å²) in [7, 11) is 1.33. The highest BCUT2D eigenvalue weighted by Crippen LogP contribution is 2.32. The molecule has 1 aromatic heterocycles. The summed E-state index contributed by atoms with van der Waals surface area (Å²) in [5.74, 6) is -0.861. The van der Waals surface area contributed by atoms with Gasteiger partial charge in [0.2, 0.25) is 0 Å². The summed E-state index contributed by atoms with van der Waals surface area (Å²) < 4.78 is 23.6. The third kappa shape index (κ3) is 4.91. The molecule has 0 radical (unpaired) electrons. The van der Waals surface area contributed by atoms with E-state index in [1.165, 1.54) is 19.2 Å². The van der Waals surface area contributed by atoms with Gasteiger partial charge in [0, 0.05) is 30.8 Å². The Morgan fingerprint density at radius 2 is 1.90 bits per heavy atom. The van der Waals surface area contributed by atoms with Crippen molar-refractivity contribution >= 4 is 12.1 Å². The number of likely N-dealkylation sites (tertiary alicyclic amines) is 1. The number of ether oxygens (including phenoxy) is 2. The molecular weight excluding hydrogens is 375 g/mol. The Hall–Kier alpha value is -2.96. The number of halogens is 1. The topological polar surface area (TPSA) is 68.7 Å². The van der Waals surface area contributed by atoms with E-state index in [4.69, 9.17) is 9.47 Å². The van der Waals surface area contributed by atoms with Gasteiger partial charge in [-0.25, -0.2) is 14.0 Å². The average Bonchev–Trinajstić information content (AvgIpc) is 3.16. The number of methoxy groups -OCH3 is 1. The summed E-state index contributed by atoms with van der Waals surface area (Å²) in [6.07, 6.45) is 1.98. The van der Waals surface area contributed by atoms with Crippen molar-refractivity contribution in [3.8, 4) is 11.3 Å². The van der Waals surface area contributed by atoms with Crippen LogP contribution in [0.15, 0.2) is 36.5 Å². The maximum atomic E-state index is 13.2. The fourth-order valence-electron chi connectivity index (χ4n) is 3.36. The van der Waals surface area contributed by atoms with Crippen LogP contribution in [0, 0.1) is 5.82 Å². The molecule has 0 aliphatic carbocycles. The van der Waals surface area contributed by atoms with Crippen LogP contribution in [0.1, 0.15) is 49.0 Å². The van der Waals surface area contributed by atoms with Crippen LogP contribution in [0.5, 0.6) is 0 Å². The van der Waals surface area contributed by atoms with Gasteiger partial charge in [-0.15, -0.1) is 0 Å². The lowest BCUT2D eigenvalue weighted by Crippen LogP contribution is -2.35. The predicted molar refractivity (Wildman–Crippen MR) is 106 cm³/mol. The van der Waals surface area contributed by atoms with Crippen molar-refractivity contribution in [3.05, 3.63) is 53.5 Å². The molecule has 2 heterocycles. The normalized spacial score (nSPS) is 16.6. The second kappa shape index (κ2) is 8.19. The lowest BCUT2D eigenvalue weighted by atomic mass is 9.94. The second-order valence-corrected chi connectivity index (χ2v) is 8.07. The number of esters is 1. The zero-order chi connectivity index (χ0) is 21.2. The standard InChI is InChI=1S/C22H25FN2O4/c1-22(2,3)29-21(27)25-10-9-15(13-25)18-12-24-19(11-17(18)20(26)28-4)14-5-7-16(23)8-6-14/h5-8,11-12,15H,9-10,13H2,1-4H3. The Kier molecular flexibility index (Phi) is 5.86. The fourth-order valence-corrected chi connectivity index (χ4v) is 3.36. The first kappa shape index (κ1) is 20.8. The molecule has 29 heavy (non-hydrogen) atoms. The highest BCUT2D eigenvalue weighted by Gasteiger charge is 2.33. The van der Waals surface area contributed by atoms with Gasteiger partial charge in [-0.05, 0) is 63.1 Å². The molecule has 0 N–H and O–H groups in total. The van der Waals surface area contributed by atoms with Gasteiger partial charge in [0.05, 0.1) is 18.4 Å². The number of aromatic nitrogens is 1. The van der Waals surface area contributed by atoms with Crippen LogP contribution in [0.3, 0.4) is 0 Å². The van der Waals surface area contributed by atoms with Crippen molar-refractivity contribution in [2.75, 3.05) is 20.2 Å². The molecule has 1 atom stereocenters. The van der Waals surface area contributed by atoms with E-state index in [1.54, 1.807) is 29.3 Å². The average molecular weight is 400 g/mol. The van der Waals surface area contributed by atoms with Gasteiger partial charge in [-0.3, -0.25) is 4.98 Å². The van der Waals surface area contributed by atoms with E-state index in [2.05, 4.69) is 4.98 Å². The molecule has 1 unspecified atom stereocenters. The minimum atomic E-state index is -0.565. The van der Waals surface area contributed by atoms with Crippen LogP contribution >= 0.6 is 0 Å². The molecule has 0 spiro atoms. The molecule has 1 aliphatic rings. The number of benzene rings is 1. The summed E-state index contributed by atoms with van der Waals surface area (Å²) in [4.78, 5) is 30.9. The van der Waals surface area contributed by atoms with Gasteiger partial charge in [-0.2, -0.15) is 0 Å². The van der Waals surface area contributed by atoms with Crippen molar-refractivity contribution in [1.82, 2.24) is 9.88 Å². The van der Waals surface area contributed by atoms with E-state index in [0.717, 1.165) is 5.56 Å². The zero-order valence-electron chi connectivity index (χ0n) is 17.1. The molecule has 1 saturated heterocycles. The van der Waals surface area contributed by atoms with Gasteiger partial charge in [0.15, 0.2) is 0 Å². The van der Waals surface area contributed by atoms with Gasteiger partial charge < -0.3 is 14.4 Å². The Morgan fingerprint density at radius 3 is 2.52 bits per heavy atom. The van der Waals surface area contributed by atoms with E-state index in [1.807, 2.05) is 20.8 Å². The van der Waals surface area contributed by atoms with Gasteiger partial charge in [0.1, 0.15) is 11.4 Å². The summed E-state index contributed by atoms with van der Waals surface area (Å²) in [5, 5.41) is 0. The quantitative estimate of drug-likeness (QED) is 0.715. The molecule has 0 bridgehead atoms. The molecule has 0 saturated carbocycles. The number of pyridine rings is 1. The Bertz CT molecular complexity index is 906. The number of amides is 1. The molecule has 1 fully saturated rings. The zero-order valence-corrected chi connectivity index (χ0v) is 17.1. The first-order valence-electron chi connectivity index (χ1n) is 9.50. The molecule has 2 aromatic rings. The number of rotatable bonds is 3. The van der Waals surface area contributed by atoms with E-state index >= 15 is 0 Å². The first-order valence-corrected chi connectivity index (χ1v) is 9.50. The van der Waals surface area contributed by atoms with Crippen LogP contribution in [0.25, 0.3) is 11.3 Å². The minimum absolute atomic E-state index is 0.0496. The smallest absolute Gasteiger partial charge is 0.410 e. The number of carbonyl (C=O) groups excluding carboxylic acids is 2. The largest absolute Gasteiger partial charge is 0.465 e. The van der Waals surface area contributed by atoms with Crippen molar-refractivity contribution in [2.24, 2.45) is 0 Å². The van der Waals surface area contributed by atoms with E-state index in [-0.39, 0.29) is 17.8 Å². The maximum absolute atomic E-state index is 13.2. The Morgan fingerprint density at radius 1 is 1.21 bits per heavy atom. The van der Waals surface area contributed by atoms with Gasteiger partial charge in [-0.1, -0.05) is 0 Å². The minimum Gasteiger partial charge on any atom is -0.465 e. The highest BCUT2D eigenvalue weighted by atomic mass is 19.1. The van der Waals surface area contributed by atoms with Crippen LogP contribution in [-0.2, 0) is 9.47 Å². The molecule has 1 aliphatic heterocycles. The molecule has 154 valence electrons. The molecule has 1 amide bonds. The van der Waals surface area contributed by atoms with Crippen LogP contribution in [-0.4, -0.2) is 47.7 Å². The summed E-state index contributed by atoms with van der Waals surface area (Å²) in [6.45, 7) is 6.46. The molecular formula is C22H25FN2O4. The van der Waals surface area contributed by atoms with Crippen LogP contribution in [0.4, 0.5) is 9.18 Å². The SMILES string of the molecule is COC(=O)c1cc(-c2ccc(F)cc2)ncc1C1CCN(C(=O)OC(C)(C)C)C1. The number of carbonyl (C=O) groups is 2. The third-order valence-corrected chi connectivity index (χ3v) is 4.76. The van der Waals surface area contributed by atoms with E-state index < -0.39 is 11.6 Å². The van der Waals surface area contributed by atoms with E-state index in [9.17, 15) is 14.0 Å². The van der Waals surface area contributed by atoms with Crippen molar-refractivity contribution in [2.45, 2.75) is 38.7 Å². The van der Waals surface area contributed by atoms with Gasteiger partial charge >= 0.3 is 12.1 Å². The predicted octanol–water partition coefficient (Wildman–Crippen LogP) is 4.40. The molecule has 1 aromatic carbocycles. The Labute approximate surface area is 169 Å². The Balaban J connectivity index is 1.86. The summed E-state index contributed by atoms with van der Waals surface area (Å²) >= 11 is 0. The lowest BCUT2D eigenvalue weighted by molar-refractivity contribution is 0.0292. The second-order valence-electron chi connectivity index (χ2n) is 8.07. The van der Waals surface area contributed by atoms with Crippen molar-refractivity contribution in [1.29, 1.82) is 0 Å². The van der Waals surface area contributed by atoms with Crippen LogP contribution in [0.2, 0.25) is 0 Å². The number of hydrogen-bond acceptors (Lipinski definition) is 5. The monoisotopic (exact) mass is 400 g/mol. The summed E-state index contributed by atoms with van der Waals surface area (Å²) in [5.41, 5.74) is 1.82. The molecule has 6 nitrogen and oxygen atoms in total. The summed E-state index contributed by atoms with van der Waals surface area (Å²) in [6, 6.07) is 7.57.